The van der Waals surface area contributed by atoms with Crippen molar-refractivity contribution in [1.29, 1.82) is 0 Å². The average molecular weight is 970 g/mol. The topological polar surface area (TPSA) is 255 Å². The SMILES string of the molecule is CC.CC.CC.CC.CCOC(C)(C)CC1OC(C(C)(C)OCCC(C)(C)O[C@@H]2C(C(=O)OCc3ccc(O)cc3)OC(C(C)(C)OC)C(O)C2O)C(O)C(O)[C@@H]1OC(C)(C)C.CO.NC=O. The van der Waals surface area contributed by atoms with E-state index < -0.39 is 95.0 Å². The Labute approximate surface area is 405 Å². The Kier molecular flexibility index (Phi) is 36.8. The van der Waals surface area contributed by atoms with Gasteiger partial charge in [-0.15, -0.1) is 0 Å². The van der Waals surface area contributed by atoms with Gasteiger partial charge in [0.15, 0.2) is 6.10 Å². The predicted molar refractivity (Wildman–Crippen MR) is 263 cm³/mol. The van der Waals surface area contributed by atoms with Gasteiger partial charge in [0.05, 0.1) is 40.7 Å². The first-order valence-electron chi connectivity index (χ1n) is 23.9. The van der Waals surface area contributed by atoms with E-state index >= 15 is 0 Å². The lowest BCUT2D eigenvalue weighted by Gasteiger charge is -2.50. The van der Waals surface area contributed by atoms with Gasteiger partial charge in [0.2, 0.25) is 6.41 Å². The average Bonchev–Trinajstić information content (AvgIpc) is 3.27. The van der Waals surface area contributed by atoms with E-state index in [1.807, 2.05) is 96.9 Å². The molecule has 8 N–H and O–H groups in total. The summed E-state index contributed by atoms with van der Waals surface area (Å²) >= 11 is 0. The summed E-state index contributed by atoms with van der Waals surface area (Å²) in [6.07, 6.45) is -11.1. The predicted octanol–water partition coefficient (Wildman–Crippen LogP) is 6.39. The number of aromatic hydroxyl groups is 1. The highest BCUT2D eigenvalue weighted by Gasteiger charge is 2.55. The lowest BCUT2D eigenvalue weighted by Crippen LogP contribution is -2.66. The molecule has 2 heterocycles. The fraction of sp³-hybridized carbons (Fsp3) is 0.840. The molecule has 8 unspecified atom stereocenters. The van der Waals surface area contributed by atoms with Crippen molar-refractivity contribution in [3.8, 4) is 5.75 Å². The number of primary amides is 1. The molecule has 0 aliphatic carbocycles. The normalized spacial score (nSPS) is 25.1. The second kappa shape index (κ2) is 34.7. The number of carbonyl (C=O) groups is 2. The van der Waals surface area contributed by atoms with Crippen molar-refractivity contribution in [1.82, 2.24) is 0 Å². The second-order valence-corrected chi connectivity index (χ2v) is 17.9. The van der Waals surface area contributed by atoms with Crippen LogP contribution < -0.4 is 5.73 Å². The first kappa shape index (κ1) is 71.0. The molecule has 0 aromatic heterocycles. The molecular weight excluding hydrogens is 871 g/mol. The van der Waals surface area contributed by atoms with Gasteiger partial charge in [-0.3, -0.25) is 4.79 Å². The minimum Gasteiger partial charge on any atom is -0.508 e. The molecule has 400 valence electrons. The number of carbonyl (C=O) groups excluding carboxylic acids is 2. The number of ether oxygens (including phenoxy) is 8. The summed E-state index contributed by atoms with van der Waals surface area (Å²) in [5.41, 5.74) is 0.305. The van der Waals surface area contributed by atoms with E-state index in [4.69, 9.17) is 47.8 Å². The number of esters is 1. The molecule has 2 aliphatic heterocycles. The van der Waals surface area contributed by atoms with Crippen LogP contribution in [-0.2, 0) is 54.1 Å². The van der Waals surface area contributed by atoms with Crippen LogP contribution in [0.25, 0.3) is 0 Å². The van der Waals surface area contributed by atoms with Crippen molar-refractivity contribution in [3.63, 3.8) is 0 Å². The Bertz CT molecular complexity index is 1380. The lowest BCUT2D eigenvalue weighted by molar-refractivity contribution is -0.297. The van der Waals surface area contributed by atoms with E-state index in [-0.39, 0.29) is 31.8 Å². The molecule has 17 heteroatoms. The number of hydrogen-bond acceptors (Lipinski definition) is 16. The van der Waals surface area contributed by atoms with E-state index in [2.05, 4.69) is 5.73 Å². The molecule has 2 saturated heterocycles. The van der Waals surface area contributed by atoms with Crippen LogP contribution in [0.15, 0.2) is 24.3 Å². The minimum atomic E-state index is -1.56. The third-order valence-electron chi connectivity index (χ3n) is 10.1. The molecule has 17 nitrogen and oxygen atoms in total. The smallest absolute Gasteiger partial charge is 0.338 e. The lowest BCUT2D eigenvalue weighted by atomic mass is 9.83. The highest BCUT2D eigenvalue weighted by Crippen LogP contribution is 2.38. The Morgan fingerprint density at radius 3 is 1.57 bits per heavy atom. The van der Waals surface area contributed by atoms with Gasteiger partial charge in [0.25, 0.3) is 0 Å². The van der Waals surface area contributed by atoms with E-state index in [1.54, 1.807) is 53.7 Å². The first-order chi connectivity index (χ1) is 31.2. The van der Waals surface area contributed by atoms with Crippen LogP contribution in [-0.4, -0.2) is 159 Å². The van der Waals surface area contributed by atoms with Crippen LogP contribution in [0.5, 0.6) is 5.75 Å². The maximum atomic E-state index is 13.6. The van der Waals surface area contributed by atoms with Crippen LogP contribution in [0.1, 0.15) is 157 Å². The molecule has 67 heavy (non-hydrogen) atoms. The summed E-state index contributed by atoms with van der Waals surface area (Å²) < 4.78 is 48.6. The minimum absolute atomic E-state index is 0.0654. The summed E-state index contributed by atoms with van der Waals surface area (Å²) in [5.74, 6) is -0.752. The molecule has 10 atom stereocenters. The zero-order chi connectivity index (χ0) is 53.7. The van der Waals surface area contributed by atoms with Crippen molar-refractivity contribution in [2.45, 2.75) is 247 Å². The third-order valence-corrected chi connectivity index (χ3v) is 10.1. The fourth-order valence-electron chi connectivity index (χ4n) is 6.95. The number of rotatable bonds is 17. The largest absolute Gasteiger partial charge is 0.508 e. The maximum absolute atomic E-state index is 13.6. The number of methoxy groups -OCH3 is 1. The zero-order valence-corrected chi connectivity index (χ0v) is 45.5. The van der Waals surface area contributed by atoms with Gasteiger partial charge in [-0.1, -0.05) is 67.5 Å². The summed E-state index contributed by atoms with van der Waals surface area (Å²) in [6.45, 7) is 38.2. The number of hydrogen-bond donors (Lipinski definition) is 7. The van der Waals surface area contributed by atoms with Crippen LogP contribution in [0, 0.1) is 0 Å². The highest BCUT2D eigenvalue weighted by molar-refractivity contribution is 5.76. The van der Waals surface area contributed by atoms with Crippen LogP contribution in [0.2, 0.25) is 0 Å². The highest BCUT2D eigenvalue weighted by atomic mass is 16.6. The molecule has 3 rings (SSSR count). The van der Waals surface area contributed by atoms with Crippen molar-refractivity contribution >= 4 is 12.4 Å². The number of benzene rings is 1. The number of phenols is 1. The van der Waals surface area contributed by atoms with Gasteiger partial charge in [0, 0.05) is 27.2 Å². The van der Waals surface area contributed by atoms with Crippen LogP contribution in [0.3, 0.4) is 0 Å². The molecule has 2 fully saturated rings. The third kappa shape index (κ3) is 24.7. The van der Waals surface area contributed by atoms with E-state index in [9.17, 15) is 30.3 Å². The van der Waals surface area contributed by atoms with Gasteiger partial charge in [-0.05, 0) is 107 Å². The Balaban J connectivity index is -0.00000139. The number of phenolic OH excluding ortho intramolecular Hbond substituents is 1. The van der Waals surface area contributed by atoms with Crippen molar-refractivity contribution in [2.24, 2.45) is 5.73 Å². The van der Waals surface area contributed by atoms with Crippen molar-refractivity contribution in [2.75, 3.05) is 27.4 Å². The summed E-state index contributed by atoms with van der Waals surface area (Å²) in [5, 5.41) is 62.0. The molecule has 0 spiro atoms. The van der Waals surface area contributed by atoms with Gasteiger partial charge >= 0.3 is 5.97 Å². The monoisotopic (exact) mass is 970 g/mol. The van der Waals surface area contributed by atoms with Gasteiger partial charge in [0.1, 0.15) is 61.2 Å². The Morgan fingerprint density at radius 1 is 0.687 bits per heavy atom. The van der Waals surface area contributed by atoms with Crippen LogP contribution >= 0.6 is 0 Å². The van der Waals surface area contributed by atoms with E-state index in [0.29, 0.717) is 18.6 Å². The molecule has 0 radical (unpaired) electrons. The Morgan fingerprint density at radius 2 is 1.13 bits per heavy atom. The summed E-state index contributed by atoms with van der Waals surface area (Å²) in [6, 6.07) is 6.16. The number of aliphatic hydroxyl groups is 5. The summed E-state index contributed by atoms with van der Waals surface area (Å²) in [7, 11) is 2.44. The summed E-state index contributed by atoms with van der Waals surface area (Å²) in [4.78, 5) is 22.1. The number of nitrogens with two attached hydrogens (primary N) is 1. The molecule has 2 aliphatic rings. The molecule has 1 aromatic carbocycles. The quantitative estimate of drug-likeness (QED) is 0.0659. The first-order valence-corrected chi connectivity index (χ1v) is 23.9. The zero-order valence-electron chi connectivity index (χ0n) is 45.5. The van der Waals surface area contributed by atoms with Gasteiger partial charge < -0.3 is 74.3 Å². The van der Waals surface area contributed by atoms with E-state index in [1.165, 1.54) is 19.2 Å². The molecule has 1 amide bonds. The standard InChI is InChI=1S/C40H68O14.4C2H6.CH3NO.CH4O/c1-14-49-38(7,8)21-25-30(53-36(2,3)4)26(42)28(44)34(51-25)40(11,12)50-20-19-37(5,6)54-31-27(43)29(45)33(39(9,10)47-13)52-32(31)35(46)48-22-23-15-17-24(41)18-16-23;4*1-2;2-1-3;1-2/h15-18,25-34,41-45H,14,19-22H2,1-13H3;4*1-2H3;1H,(H2,2,3);2H,1H3/t25?,26?,27?,28?,29?,30-,31+,32?,33?,34?;;;;;;/m1....../s1. The van der Waals surface area contributed by atoms with Gasteiger partial charge in [-0.2, -0.15) is 0 Å². The van der Waals surface area contributed by atoms with E-state index in [0.717, 1.165) is 7.11 Å². The Hall–Kier alpha value is -2.52. The maximum Gasteiger partial charge on any atom is 0.338 e. The van der Waals surface area contributed by atoms with Crippen molar-refractivity contribution < 1.29 is 78.1 Å². The fourth-order valence-corrected chi connectivity index (χ4v) is 6.95. The molecular formula is C50H99NO16. The molecule has 1 aromatic rings. The molecule has 0 bridgehead atoms. The second-order valence-electron chi connectivity index (χ2n) is 17.9. The number of aliphatic hydroxyl groups excluding tert-OH is 5. The number of amides is 1. The molecule has 0 saturated carbocycles. The van der Waals surface area contributed by atoms with Crippen molar-refractivity contribution in [3.05, 3.63) is 29.8 Å². The van der Waals surface area contributed by atoms with Gasteiger partial charge in [-0.25, -0.2) is 4.79 Å². The van der Waals surface area contributed by atoms with Crippen LogP contribution in [0.4, 0.5) is 0 Å².